The summed E-state index contributed by atoms with van der Waals surface area (Å²) in [4.78, 5) is 5.55. The Kier molecular flexibility index (Phi) is 3.76. The number of benzene rings is 1. The zero-order valence-electron chi connectivity index (χ0n) is 10.7. The van der Waals surface area contributed by atoms with Crippen LogP contribution in [0.25, 0.3) is 10.6 Å². The Morgan fingerprint density at radius 3 is 2.33 bits per heavy atom. The van der Waals surface area contributed by atoms with Crippen LogP contribution in [-0.2, 0) is 12.0 Å². The average Bonchev–Trinajstić information content (AvgIpc) is 2.73. The van der Waals surface area contributed by atoms with Gasteiger partial charge in [-0.2, -0.15) is 0 Å². The summed E-state index contributed by atoms with van der Waals surface area (Å²) in [6, 6.07) is 7.62. The van der Waals surface area contributed by atoms with Crippen molar-refractivity contribution in [1.29, 1.82) is 0 Å². The van der Waals surface area contributed by atoms with E-state index in [9.17, 15) is 5.11 Å². The summed E-state index contributed by atoms with van der Waals surface area (Å²) in [5, 5.41) is 11.8. The number of hydrogen-bond donors (Lipinski definition) is 1. The van der Waals surface area contributed by atoms with Gasteiger partial charge in [0, 0.05) is 10.6 Å². The maximum Gasteiger partial charge on any atom is 0.123 e. The Hall–Kier alpha value is -0.900. The lowest BCUT2D eigenvalue weighted by Gasteiger charge is -2.15. The van der Waals surface area contributed by atoms with E-state index in [4.69, 9.17) is 11.6 Å². The smallest absolute Gasteiger partial charge is 0.123 e. The molecule has 1 heterocycles. The number of thiazole rings is 1. The van der Waals surface area contributed by atoms with Crippen LogP contribution in [0.15, 0.2) is 24.3 Å². The molecule has 2 aromatic rings. The molecular formula is C14H16ClNOS. The Bertz CT molecular complexity index is 540. The monoisotopic (exact) mass is 281 g/mol. The molecule has 2 nitrogen and oxygen atoms in total. The van der Waals surface area contributed by atoms with Gasteiger partial charge in [-0.1, -0.05) is 30.7 Å². The van der Waals surface area contributed by atoms with Gasteiger partial charge < -0.3 is 5.11 Å². The molecule has 2 rings (SSSR count). The van der Waals surface area contributed by atoms with Gasteiger partial charge >= 0.3 is 0 Å². The van der Waals surface area contributed by atoms with Crippen LogP contribution in [0, 0.1) is 0 Å². The first-order chi connectivity index (χ1) is 8.41. The van der Waals surface area contributed by atoms with Crippen molar-refractivity contribution in [3.63, 3.8) is 0 Å². The Morgan fingerprint density at radius 1 is 1.28 bits per heavy atom. The highest BCUT2D eigenvalue weighted by Crippen LogP contribution is 2.35. The summed E-state index contributed by atoms with van der Waals surface area (Å²) < 4.78 is 0. The van der Waals surface area contributed by atoms with Gasteiger partial charge in [0.05, 0.1) is 16.2 Å². The lowest BCUT2D eigenvalue weighted by atomic mass is 10.1. The normalized spacial score (nSPS) is 11.8. The number of aromatic nitrogens is 1. The minimum Gasteiger partial charge on any atom is -0.385 e. The van der Waals surface area contributed by atoms with E-state index in [2.05, 4.69) is 11.9 Å². The minimum absolute atomic E-state index is 0.716. The number of aryl methyl sites for hydroxylation is 1. The van der Waals surface area contributed by atoms with Gasteiger partial charge in [0.15, 0.2) is 0 Å². The average molecular weight is 282 g/mol. The van der Waals surface area contributed by atoms with Crippen LogP contribution in [0.1, 0.15) is 31.3 Å². The van der Waals surface area contributed by atoms with E-state index in [1.54, 1.807) is 25.2 Å². The Balaban J connectivity index is 2.47. The van der Waals surface area contributed by atoms with Crippen molar-refractivity contribution in [2.24, 2.45) is 0 Å². The highest BCUT2D eigenvalue weighted by Gasteiger charge is 2.24. The molecule has 0 bridgehead atoms. The summed E-state index contributed by atoms with van der Waals surface area (Å²) in [5.41, 5.74) is 1.17. The summed E-state index contributed by atoms with van der Waals surface area (Å²) in [7, 11) is 0. The summed E-state index contributed by atoms with van der Waals surface area (Å²) in [5.74, 6) is 0. The molecule has 1 aromatic carbocycles. The van der Waals surface area contributed by atoms with Gasteiger partial charge in [0.2, 0.25) is 0 Å². The molecule has 1 aromatic heterocycles. The Morgan fingerprint density at radius 2 is 1.89 bits per heavy atom. The molecule has 4 heteroatoms. The predicted octanol–water partition coefficient (Wildman–Crippen LogP) is 4.25. The summed E-state index contributed by atoms with van der Waals surface area (Å²) in [6.07, 6.45) is 0.823. The van der Waals surface area contributed by atoms with Crippen LogP contribution >= 0.6 is 22.9 Å². The van der Waals surface area contributed by atoms with Crippen LogP contribution in [0.2, 0.25) is 5.02 Å². The molecule has 0 saturated carbocycles. The van der Waals surface area contributed by atoms with E-state index < -0.39 is 5.60 Å². The van der Waals surface area contributed by atoms with Gasteiger partial charge in [-0.3, -0.25) is 0 Å². The second-order valence-corrected chi connectivity index (χ2v) is 6.15. The van der Waals surface area contributed by atoms with Crippen LogP contribution in [0.3, 0.4) is 0 Å². The van der Waals surface area contributed by atoms with Crippen molar-refractivity contribution >= 4 is 22.9 Å². The van der Waals surface area contributed by atoms with Crippen molar-refractivity contribution in [2.75, 3.05) is 0 Å². The first-order valence-electron chi connectivity index (χ1n) is 5.90. The van der Waals surface area contributed by atoms with Crippen LogP contribution < -0.4 is 0 Å². The zero-order valence-corrected chi connectivity index (χ0v) is 12.3. The second-order valence-electron chi connectivity index (χ2n) is 4.71. The SMILES string of the molecule is CCc1nc(-c2ccc(Cl)cc2)sc1C(C)(C)O. The summed E-state index contributed by atoms with van der Waals surface area (Å²) in [6.45, 7) is 5.65. The molecule has 0 saturated heterocycles. The molecule has 0 amide bonds. The maximum absolute atomic E-state index is 10.2. The third kappa shape index (κ3) is 2.74. The molecule has 0 radical (unpaired) electrons. The number of aliphatic hydroxyl groups is 1. The van der Waals surface area contributed by atoms with Crippen molar-refractivity contribution in [3.05, 3.63) is 39.9 Å². The summed E-state index contributed by atoms with van der Waals surface area (Å²) >= 11 is 7.42. The third-order valence-electron chi connectivity index (χ3n) is 2.68. The van der Waals surface area contributed by atoms with Gasteiger partial charge in [-0.05, 0) is 32.4 Å². The topological polar surface area (TPSA) is 33.1 Å². The van der Waals surface area contributed by atoms with E-state index in [-0.39, 0.29) is 0 Å². The van der Waals surface area contributed by atoms with Gasteiger partial charge in [0.1, 0.15) is 5.01 Å². The molecule has 0 aliphatic carbocycles. The van der Waals surface area contributed by atoms with E-state index in [1.165, 1.54) is 0 Å². The number of halogens is 1. The van der Waals surface area contributed by atoms with E-state index in [0.29, 0.717) is 5.02 Å². The van der Waals surface area contributed by atoms with Crippen LogP contribution in [-0.4, -0.2) is 10.1 Å². The van der Waals surface area contributed by atoms with Gasteiger partial charge in [-0.15, -0.1) is 11.3 Å². The highest BCUT2D eigenvalue weighted by molar-refractivity contribution is 7.15. The lowest BCUT2D eigenvalue weighted by molar-refractivity contribution is 0.0814. The molecule has 1 N–H and O–H groups in total. The van der Waals surface area contributed by atoms with Crippen LogP contribution in [0.5, 0.6) is 0 Å². The number of nitrogens with zero attached hydrogens (tertiary/aromatic N) is 1. The third-order valence-corrected chi connectivity index (χ3v) is 4.39. The molecule has 96 valence electrons. The largest absolute Gasteiger partial charge is 0.385 e. The molecule has 0 aliphatic rings. The second kappa shape index (κ2) is 5.00. The van der Waals surface area contributed by atoms with Crippen molar-refractivity contribution in [3.8, 4) is 10.6 Å². The number of rotatable bonds is 3. The molecule has 0 unspecified atom stereocenters. The van der Waals surface area contributed by atoms with Crippen molar-refractivity contribution in [2.45, 2.75) is 32.8 Å². The number of hydrogen-bond acceptors (Lipinski definition) is 3. The molecule has 18 heavy (non-hydrogen) atoms. The molecule has 0 aliphatic heterocycles. The predicted molar refractivity (Wildman–Crippen MR) is 77.2 cm³/mol. The zero-order chi connectivity index (χ0) is 13.3. The minimum atomic E-state index is -0.840. The highest BCUT2D eigenvalue weighted by atomic mass is 35.5. The fourth-order valence-electron chi connectivity index (χ4n) is 1.79. The molecular weight excluding hydrogens is 266 g/mol. The fourth-order valence-corrected chi connectivity index (χ4v) is 3.07. The van der Waals surface area contributed by atoms with E-state index in [0.717, 1.165) is 27.6 Å². The lowest BCUT2D eigenvalue weighted by Crippen LogP contribution is -2.15. The van der Waals surface area contributed by atoms with E-state index in [1.807, 2.05) is 24.3 Å². The van der Waals surface area contributed by atoms with Crippen LogP contribution in [0.4, 0.5) is 0 Å². The molecule has 0 fully saturated rings. The van der Waals surface area contributed by atoms with E-state index >= 15 is 0 Å². The fraction of sp³-hybridized carbons (Fsp3) is 0.357. The standard InChI is InChI=1S/C14H16ClNOS/c1-4-11-12(14(2,3)17)18-13(16-11)9-5-7-10(15)8-6-9/h5-8,17H,4H2,1-3H3. The van der Waals surface area contributed by atoms with Gasteiger partial charge in [-0.25, -0.2) is 4.98 Å². The first kappa shape index (κ1) is 13.5. The maximum atomic E-state index is 10.2. The molecule has 0 spiro atoms. The Labute approximate surface area is 116 Å². The van der Waals surface area contributed by atoms with Gasteiger partial charge in [0.25, 0.3) is 0 Å². The van der Waals surface area contributed by atoms with Crippen molar-refractivity contribution < 1.29 is 5.11 Å². The molecule has 0 atom stereocenters. The quantitative estimate of drug-likeness (QED) is 0.912. The van der Waals surface area contributed by atoms with Crippen molar-refractivity contribution in [1.82, 2.24) is 4.98 Å². The first-order valence-corrected chi connectivity index (χ1v) is 7.09.